The topological polar surface area (TPSA) is 146 Å². The minimum absolute atomic E-state index is 0.0455. The van der Waals surface area contributed by atoms with Crippen LogP contribution >= 0.6 is 11.6 Å². The van der Waals surface area contributed by atoms with Crippen LogP contribution in [-0.2, 0) is 31.9 Å². The molecule has 0 aliphatic heterocycles. The van der Waals surface area contributed by atoms with Gasteiger partial charge < -0.3 is 20.6 Å². The van der Waals surface area contributed by atoms with Crippen LogP contribution in [0.4, 0.5) is 11.8 Å². The molecule has 0 saturated heterocycles. The first-order valence-corrected chi connectivity index (χ1v) is 11.5. The lowest BCUT2D eigenvalue weighted by atomic mass is 10.2. The van der Waals surface area contributed by atoms with E-state index >= 15 is 0 Å². The summed E-state index contributed by atoms with van der Waals surface area (Å²) in [6.45, 7) is 0.0455. The molecule has 0 fully saturated rings. The zero-order valence-electron chi connectivity index (χ0n) is 19.6. The molecule has 1 amide bonds. The maximum atomic E-state index is 13.4. The van der Waals surface area contributed by atoms with Gasteiger partial charge in [-0.05, 0) is 36.8 Å². The number of nitrogens with one attached hydrogen (secondary N) is 2. The Hall–Kier alpha value is -4.38. The van der Waals surface area contributed by atoms with Crippen molar-refractivity contribution < 1.29 is 4.79 Å². The molecule has 184 valence electrons. The van der Waals surface area contributed by atoms with Crippen molar-refractivity contribution >= 4 is 51.3 Å². The second kappa shape index (κ2) is 9.00. The molecule has 4 heterocycles. The number of rotatable bonds is 7. The number of carbonyl (C=O) groups is 1. The van der Waals surface area contributed by atoms with E-state index in [0.29, 0.717) is 34.6 Å². The lowest BCUT2D eigenvalue weighted by Crippen LogP contribution is -2.39. The maximum Gasteiger partial charge on any atom is 0.332 e. The van der Waals surface area contributed by atoms with Crippen molar-refractivity contribution in [2.75, 3.05) is 5.32 Å². The summed E-state index contributed by atoms with van der Waals surface area (Å²) in [5, 5.41) is 4.50. The van der Waals surface area contributed by atoms with E-state index in [4.69, 9.17) is 17.3 Å². The number of nitrogens with zero attached hydrogens (tertiary/aromatic N) is 5. The van der Waals surface area contributed by atoms with Gasteiger partial charge in [-0.25, -0.2) is 9.78 Å². The van der Waals surface area contributed by atoms with E-state index in [-0.39, 0.29) is 24.1 Å². The van der Waals surface area contributed by atoms with Gasteiger partial charge >= 0.3 is 5.69 Å². The fourth-order valence-electron chi connectivity index (χ4n) is 4.18. The Kier molecular flexibility index (Phi) is 5.84. The average molecular weight is 507 g/mol. The summed E-state index contributed by atoms with van der Waals surface area (Å²) >= 11 is 6.27. The summed E-state index contributed by atoms with van der Waals surface area (Å²) < 4.78 is 4.09. The lowest BCUT2D eigenvalue weighted by Gasteiger charge is -2.08. The summed E-state index contributed by atoms with van der Waals surface area (Å²) in [5.74, 6) is 0.417. The van der Waals surface area contributed by atoms with Crippen molar-refractivity contribution in [1.29, 1.82) is 0 Å². The quantitative estimate of drug-likeness (QED) is 0.308. The summed E-state index contributed by atoms with van der Waals surface area (Å²) in [6.07, 6.45) is 0.596. The van der Waals surface area contributed by atoms with Gasteiger partial charge in [0.1, 0.15) is 5.82 Å². The Morgan fingerprint density at radius 1 is 1.11 bits per heavy atom. The van der Waals surface area contributed by atoms with Gasteiger partial charge in [0, 0.05) is 47.8 Å². The lowest BCUT2D eigenvalue weighted by molar-refractivity contribution is -0.118. The van der Waals surface area contributed by atoms with Crippen molar-refractivity contribution in [2.24, 2.45) is 19.8 Å². The number of fused-ring (bicyclic) bond motifs is 2. The van der Waals surface area contributed by atoms with Crippen LogP contribution in [0.25, 0.3) is 22.1 Å². The molecular weight excluding hydrogens is 484 g/mol. The second-order valence-electron chi connectivity index (χ2n) is 8.50. The highest BCUT2D eigenvalue weighted by Crippen LogP contribution is 2.24. The molecule has 12 heteroatoms. The number of amides is 1. The molecule has 1 aromatic carbocycles. The molecule has 0 aliphatic rings. The molecular formula is C24H23ClN8O3. The van der Waals surface area contributed by atoms with E-state index in [0.717, 1.165) is 15.5 Å². The van der Waals surface area contributed by atoms with E-state index in [1.807, 2.05) is 18.2 Å². The first kappa shape index (κ1) is 23.4. The van der Waals surface area contributed by atoms with Crippen LogP contribution in [0.15, 0.2) is 52.1 Å². The van der Waals surface area contributed by atoms with Crippen molar-refractivity contribution in [3.8, 4) is 0 Å². The van der Waals surface area contributed by atoms with Crippen LogP contribution in [0.3, 0.4) is 0 Å². The Morgan fingerprint density at radius 2 is 1.89 bits per heavy atom. The molecule has 5 aromatic rings. The van der Waals surface area contributed by atoms with Crippen LogP contribution in [0, 0.1) is 0 Å². The normalized spacial score (nSPS) is 11.4. The number of imidazole rings is 1. The molecule has 0 radical (unpaired) electrons. The van der Waals surface area contributed by atoms with E-state index < -0.39 is 17.2 Å². The number of hydrogen-bond acceptors (Lipinski definition) is 6. The molecule has 36 heavy (non-hydrogen) atoms. The van der Waals surface area contributed by atoms with Crippen molar-refractivity contribution in [3.63, 3.8) is 0 Å². The standard InChI is InChI=1S/C24H23ClN8O3/c1-31-20-21(30-23(31)29-19-8-3-5-13(28-19)9-10-18(26)34)32(2)24(36)33(22(20)35)12-14-11-15-16(25)6-4-7-17(15)27-14/h3-8,11,27H,9-10,12H2,1-2H3,(H2,26,34)(H,28,29,30). The second-order valence-corrected chi connectivity index (χ2v) is 8.91. The van der Waals surface area contributed by atoms with Crippen molar-refractivity contribution in [2.45, 2.75) is 19.4 Å². The fourth-order valence-corrected chi connectivity index (χ4v) is 4.41. The van der Waals surface area contributed by atoms with Gasteiger partial charge in [-0.2, -0.15) is 4.98 Å². The van der Waals surface area contributed by atoms with Crippen LogP contribution < -0.4 is 22.3 Å². The zero-order valence-corrected chi connectivity index (χ0v) is 20.3. The first-order chi connectivity index (χ1) is 17.2. The number of H-pyrrole nitrogens is 1. The molecule has 0 atom stereocenters. The summed E-state index contributed by atoms with van der Waals surface area (Å²) in [5.41, 5.74) is 6.96. The van der Waals surface area contributed by atoms with Gasteiger partial charge in [0.25, 0.3) is 5.56 Å². The highest BCUT2D eigenvalue weighted by molar-refractivity contribution is 6.35. The number of anilines is 2. The number of carbonyl (C=O) groups excluding carboxylic acids is 1. The van der Waals surface area contributed by atoms with Gasteiger partial charge in [0.15, 0.2) is 11.2 Å². The Balaban J connectivity index is 1.53. The number of benzene rings is 1. The molecule has 11 nitrogen and oxygen atoms in total. The van der Waals surface area contributed by atoms with Gasteiger partial charge in [-0.1, -0.05) is 23.7 Å². The van der Waals surface area contributed by atoms with Crippen LogP contribution in [-0.4, -0.2) is 34.6 Å². The average Bonchev–Trinajstić information content (AvgIpc) is 3.41. The van der Waals surface area contributed by atoms with E-state index in [1.54, 1.807) is 42.9 Å². The number of hydrogen-bond donors (Lipinski definition) is 3. The van der Waals surface area contributed by atoms with Gasteiger partial charge in [0.05, 0.1) is 6.54 Å². The number of aromatic amines is 1. The molecule has 0 aliphatic carbocycles. The van der Waals surface area contributed by atoms with Crippen LogP contribution in [0.2, 0.25) is 5.02 Å². The SMILES string of the molecule is Cn1c(Nc2cccc(CCC(N)=O)n2)nc2c1c(=O)n(Cc1cc3c(Cl)cccc3[nH]1)c(=O)n2C. The van der Waals surface area contributed by atoms with Crippen LogP contribution in [0.5, 0.6) is 0 Å². The van der Waals surface area contributed by atoms with Gasteiger partial charge in [0.2, 0.25) is 11.9 Å². The number of halogens is 1. The smallest absolute Gasteiger partial charge is 0.332 e. The molecule has 0 spiro atoms. The summed E-state index contributed by atoms with van der Waals surface area (Å²) in [4.78, 5) is 49.8. The minimum atomic E-state index is -0.492. The molecule has 0 saturated carbocycles. The van der Waals surface area contributed by atoms with Gasteiger partial charge in [-0.15, -0.1) is 0 Å². The summed E-state index contributed by atoms with van der Waals surface area (Å²) in [7, 11) is 3.26. The number of pyridine rings is 1. The number of nitrogens with two attached hydrogens (primary N) is 1. The molecule has 0 unspecified atom stereocenters. The van der Waals surface area contributed by atoms with Crippen molar-refractivity contribution in [1.82, 2.24) is 28.7 Å². The van der Waals surface area contributed by atoms with E-state index in [1.165, 1.54) is 4.57 Å². The van der Waals surface area contributed by atoms with E-state index in [9.17, 15) is 14.4 Å². The fraction of sp³-hybridized carbons (Fsp3) is 0.208. The Labute approximate surface area is 209 Å². The predicted molar refractivity (Wildman–Crippen MR) is 138 cm³/mol. The zero-order chi connectivity index (χ0) is 25.6. The molecule has 5 rings (SSSR count). The minimum Gasteiger partial charge on any atom is -0.370 e. The van der Waals surface area contributed by atoms with Crippen molar-refractivity contribution in [3.05, 3.63) is 79.7 Å². The number of aromatic nitrogens is 6. The highest BCUT2D eigenvalue weighted by Gasteiger charge is 2.19. The van der Waals surface area contributed by atoms with Gasteiger partial charge in [-0.3, -0.25) is 18.7 Å². The number of aryl methyl sites for hydroxylation is 3. The van der Waals surface area contributed by atoms with Crippen LogP contribution in [0.1, 0.15) is 17.8 Å². The van der Waals surface area contributed by atoms with E-state index in [2.05, 4.69) is 20.3 Å². The predicted octanol–water partition coefficient (Wildman–Crippen LogP) is 2.17. The summed E-state index contributed by atoms with van der Waals surface area (Å²) in [6, 6.07) is 12.7. The molecule has 4 N–H and O–H groups in total. The molecule has 0 bridgehead atoms. The third-order valence-corrected chi connectivity index (χ3v) is 6.36. The Morgan fingerprint density at radius 3 is 2.64 bits per heavy atom. The highest BCUT2D eigenvalue weighted by atomic mass is 35.5. The molecule has 4 aromatic heterocycles. The first-order valence-electron chi connectivity index (χ1n) is 11.2. The maximum absolute atomic E-state index is 13.4. The third-order valence-electron chi connectivity index (χ3n) is 6.03. The monoisotopic (exact) mass is 506 g/mol. The Bertz CT molecular complexity index is 1760. The largest absolute Gasteiger partial charge is 0.370 e. The third kappa shape index (κ3) is 4.13. The number of primary amides is 1.